The Kier molecular flexibility index (Phi) is 3.03. The van der Waals surface area contributed by atoms with Crippen LogP contribution in [0.25, 0.3) is 0 Å². The van der Waals surface area contributed by atoms with Crippen molar-refractivity contribution in [2.45, 2.75) is 50.7 Å². The molecule has 0 N–H and O–H groups in total. The number of rotatable bonds is 5. The van der Waals surface area contributed by atoms with Gasteiger partial charge in [0.1, 0.15) is 0 Å². The van der Waals surface area contributed by atoms with Gasteiger partial charge in [-0.3, -0.25) is 9.58 Å². The van der Waals surface area contributed by atoms with Gasteiger partial charge in [0.15, 0.2) is 5.82 Å². The molecular formula is C14H19N5O. The Labute approximate surface area is 117 Å². The highest BCUT2D eigenvalue weighted by Crippen LogP contribution is 2.38. The standard InChI is InChI=1S/C14H19N5O/c1-3-12(9-19-8-2-6-15-19)18(7-1)10-13-16-14(20-17-13)11-4-5-11/h2,6,8,11-12H,1,3-5,7,9-10H2/t12-/m1/s1. The average molecular weight is 273 g/mol. The van der Waals surface area contributed by atoms with Crippen LogP contribution in [0, 0.1) is 0 Å². The van der Waals surface area contributed by atoms with E-state index in [2.05, 4.69) is 20.1 Å². The summed E-state index contributed by atoms with van der Waals surface area (Å²) in [5.74, 6) is 2.21. The highest BCUT2D eigenvalue weighted by atomic mass is 16.5. The number of likely N-dealkylation sites (tertiary alicyclic amines) is 1. The van der Waals surface area contributed by atoms with Crippen molar-refractivity contribution in [2.24, 2.45) is 0 Å². The van der Waals surface area contributed by atoms with E-state index in [0.717, 1.165) is 31.3 Å². The van der Waals surface area contributed by atoms with Gasteiger partial charge in [-0.15, -0.1) is 0 Å². The molecular weight excluding hydrogens is 254 g/mol. The largest absolute Gasteiger partial charge is 0.339 e. The maximum absolute atomic E-state index is 5.33. The van der Waals surface area contributed by atoms with Crippen LogP contribution in [0.3, 0.4) is 0 Å². The quantitative estimate of drug-likeness (QED) is 0.831. The Balaban J connectivity index is 1.40. The first-order valence-corrected chi connectivity index (χ1v) is 7.42. The van der Waals surface area contributed by atoms with E-state index in [1.165, 1.54) is 25.7 Å². The number of hydrogen-bond donors (Lipinski definition) is 0. The predicted octanol–water partition coefficient (Wildman–Crippen LogP) is 1.81. The molecule has 3 heterocycles. The second kappa shape index (κ2) is 5.01. The van der Waals surface area contributed by atoms with Gasteiger partial charge in [-0.1, -0.05) is 5.16 Å². The molecule has 106 valence electrons. The van der Waals surface area contributed by atoms with Crippen LogP contribution in [-0.2, 0) is 13.1 Å². The van der Waals surface area contributed by atoms with Crippen LogP contribution in [0.5, 0.6) is 0 Å². The molecule has 1 saturated heterocycles. The van der Waals surface area contributed by atoms with Gasteiger partial charge in [0.2, 0.25) is 5.89 Å². The van der Waals surface area contributed by atoms with Gasteiger partial charge in [0.05, 0.1) is 13.1 Å². The third-order valence-corrected chi connectivity index (χ3v) is 4.21. The van der Waals surface area contributed by atoms with Crippen LogP contribution in [0.2, 0.25) is 0 Å². The summed E-state index contributed by atoms with van der Waals surface area (Å²) in [4.78, 5) is 6.97. The monoisotopic (exact) mass is 273 g/mol. The molecule has 6 heteroatoms. The summed E-state index contributed by atoms with van der Waals surface area (Å²) in [6.45, 7) is 2.85. The minimum Gasteiger partial charge on any atom is -0.339 e. The molecule has 2 aliphatic rings. The Hall–Kier alpha value is -1.69. The van der Waals surface area contributed by atoms with E-state index in [1.54, 1.807) is 0 Å². The highest BCUT2D eigenvalue weighted by Gasteiger charge is 2.31. The molecule has 1 aliphatic heterocycles. The Morgan fingerprint density at radius 1 is 1.30 bits per heavy atom. The lowest BCUT2D eigenvalue weighted by Gasteiger charge is -2.22. The van der Waals surface area contributed by atoms with Crippen molar-refractivity contribution in [3.05, 3.63) is 30.2 Å². The molecule has 1 saturated carbocycles. The zero-order chi connectivity index (χ0) is 13.4. The van der Waals surface area contributed by atoms with Crippen LogP contribution >= 0.6 is 0 Å². The number of nitrogens with zero attached hydrogens (tertiary/aromatic N) is 5. The summed E-state index contributed by atoms with van der Waals surface area (Å²) in [6, 6.07) is 2.50. The smallest absolute Gasteiger partial charge is 0.229 e. The molecule has 2 aromatic heterocycles. The highest BCUT2D eigenvalue weighted by molar-refractivity contribution is 5.02. The molecule has 4 rings (SSSR count). The first kappa shape index (κ1) is 12.1. The van der Waals surface area contributed by atoms with Crippen molar-refractivity contribution in [1.82, 2.24) is 24.8 Å². The van der Waals surface area contributed by atoms with Crippen molar-refractivity contribution < 1.29 is 4.52 Å². The average Bonchev–Trinajstić information content (AvgIpc) is 2.88. The lowest BCUT2D eigenvalue weighted by Crippen LogP contribution is -2.33. The summed E-state index contributed by atoms with van der Waals surface area (Å²) in [5.41, 5.74) is 0. The van der Waals surface area contributed by atoms with E-state index in [9.17, 15) is 0 Å². The van der Waals surface area contributed by atoms with Crippen LogP contribution in [0.1, 0.15) is 43.3 Å². The Bertz CT molecular complexity index is 560. The third-order valence-electron chi connectivity index (χ3n) is 4.21. The predicted molar refractivity (Wildman–Crippen MR) is 71.9 cm³/mol. The van der Waals surface area contributed by atoms with Crippen molar-refractivity contribution in [1.29, 1.82) is 0 Å². The second-order valence-corrected chi connectivity index (χ2v) is 5.82. The third kappa shape index (κ3) is 2.47. The SMILES string of the molecule is c1cnn(C[C@H]2CCCN2Cc2noc(C3CC3)n2)c1. The molecule has 0 unspecified atom stereocenters. The zero-order valence-electron chi connectivity index (χ0n) is 11.5. The fourth-order valence-corrected chi connectivity index (χ4v) is 2.94. The van der Waals surface area contributed by atoms with Gasteiger partial charge in [0, 0.05) is 24.4 Å². The normalized spacial score (nSPS) is 23.5. The van der Waals surface area contributed by atoms with E-state index in [-0.39, 0.29) is 0 Å². The van der Waals surface area contributed by atoms with Crippen molar-refractivity contribution >= 4 is 0 Å². The van der Waals surface area contributed by atoms with E-state index in [0.29, 0.717) is 12.0 Å². The summed E-state index contributed by atoms with van der Waals surface area (Å²) in [7, 11) is 0. The van der Waals surface area contributed by atoms with Gasteiger partial charge in [-0.2, -0.15) is 10.1 Å². The van der Waals surface area contributed by atoms with Gasteiger partial charge in [-0.05, 0) is 38.3 Å². The molecule has 20 heavy (non-hydrogen) atoms. The fraction of sp³-hybridized carbons (Fsp3) is 0.643. The van der Waals surface area contributed by atoms with Crippen LogP contribution in [-0.4, -0.2) is 37.4 Å². The molecule has 6 nitrogen and oxygen atoms in total. The minimum absolute atomic E-state index is 0.526. The summed E-state index contributed by atoms with van der Waals surface area (Å²) >= 11 is 0. The first-order valence-electron chi connectivity index (χ1n) is 7.42. The van der Waals surface area contributed by atoms with E-state index in [4.69, 9.17) is 4.52 Å². The number of aromatic nitrogens is 4. The van der Waals surface area contributed by atoms with Crippen LogP contribution in [0.15, 0.2) is 23.0 Å². The van der Waals surface area contributed by atoms with Crippen LogP contribution in [0.4, 0.5) is 0 Å². The summed E-state index contributed by atoms with van der Waals surface area (Å²) in [6.07, 6.45) is 8.71. The van der Waals surface area contributed by atoms with Crippen molar-refractivity contribution in [2.75, 3.05) is 6.54 Å². The molecule has 0 spiro atoms. The zero-order valence-corrected chi connectivity index (χ0v) is 11.5. The van der Waals surface area contributed by atoms with Gasteiger partial charge in [0.25, 0.3) is 0 Å². The topological polar surface area (TPSA) is 60.0 Å². The Morgan fingerprint density at radius 2 is 2.25 bits per heavy atom. The molecule has 0 radical (unpaired) electrons. The van der Waals surface area contributed by atoms with E-state index < -0.39 is 0 Å². The van der Waals surface area contributed by atoms with Crippen molar-refractivity contribution in [3.8, 4) is 0 Å². The second-order valence-electron chi connectivity index (χ2n) is 5.82. The lowest BCUT2D eigenvalue weighted by atomic mass is 10.2. The first-order chi connectivity index (χ1) is 9.88. The lowest BCUT2D eigenvalue weighted by molar-refractivity contribution is 0.211. The molecule has 2 aromatic rings. The maximum atomic E-state index is 5.33. The Morgan fingerprint density at radius 3 is 3.05 bits per heavy atom. The minimum atomic E-state index is 0.526. The molecule has 0 aromatic carbocycles. The van der Waals surface area contributed by atoms with Gasteiger partial charge in [-0.25, -0.2) is 0 Å². The van der Waals surface area contributed by atoms with E-state index in [1.807, 2.05) is 23.1 Å². The molecule has 1 atom stereocenters. The van der Waals surface area contributed by atoms with Crippen molar-refractivity contribution in [3.63, 3.8) is 0 Å². The maximum Gasteiger partial charge on any atom is 0.229 e. The van der Waals surface area contributed by atoms with E-state index >= 15 is 0 Å². The molecule has 2 fully saturated rings. The number of hydrogen-bond acceptors (Lipinski definition) is 5. The molecule has 0 bridgehead atoms. The summed E-state index contributed by atoms with van der Waals surface area (Å²) < 4.78 is 7.34. The fourth-order valence-electron chi connectivity index (χ4n) is 2.94. The van der Waals surface area contributed by atoms with Gasteiger partial charge >= 0.3 is 0 Å². The molecule has 0 amide bonds. The van der Waals surface area contributed by atoms with Crippen LogP contribution < -0.4 is 0 Å². The summed E-state index contributed by atoms with van der Waals surface area (Å²) in [5, 5.41) is 8.42. The molecule has 1 aliphatic carbocycles. The van der Waals surface area contributed by atoms with Gasteiger partial charge < -0.3 is 4.52 Å².